The normalized spacial score (nSPS) is 23.8. The van der Waals surface area contributed by atoms with Crippen LogP contribution in [0.15, 0.2) is 76.4 Å². The van der Waals surface area contributed by atoms with E-state index in [0.717, 1.165) is 11.8 Å². The minimum Gasteiger partial charge on any atom is -0.336 e. The summed E-state index contributed by atoms with van der Waals surface area (Å²) >= 11 is 0.0412. The Bertz CT molecular complexity index is 2860. The quantitative estimate of drug-likeness (QED) is 0.0819. The lowest BCUT2D eigenvalue weighted by Gasteiger charge is -2.28. The Morgan fingerprint density at radius 2 is 1.67 bits per heavy atom. The van der Waals surface area contributed by atoms with Gasteiger partial charge >= 0.3 is 6.18 Å². The minimum absolute atomic E-state index is 0.0412. The zero-order valence-electron chi connectivity index (χ0n) is 48.4. The smallest absolute Gasteiger partial charge is 0.336 e. The molecule has 1 aromatic heterocycles. The number of aromatic nitrogens is 2. The van der Waals surface area contributed by atoms with Gasteiger partial charge in [0, 0.05) is 47.5 Å². The third-order valence-electron chi connectivity index (χ3n) is 6.51. The predicted octanol–water partition coefficient (Wildman–Crippen LogP) is 7.53. The lowest BCUT2D eigenvalue weighted by atomic mass is 9.98. The number of halogens is 4. The number of carbonyl (C=O) groups excluding carboxylic acids is 1. The van der Waals surface area contributed by atoms with E-state index in [0.29, 0.717) is 0 Å². The Hall–Kier alpha value is -3.96. The third-order valence-corrected chi connectivity index (χ3v) is 7.47. The molecule has 0 bridgehead atoms. The van der Waals surface area contributed by atoms with E-state index >= 15 is 4.79 Å². The first-order valence-electron chi connectivity index (χ1n) is 25.5. The van der Waals surface area contributed by atoms with Gasteiger partial charge in [-0.1, -0.05) is 73.9 Å². The lowest BCUT2D eigenvalue weighted by Crippen LogP contribution is -2.40. The fourth-order valence-electron chi connectivity index (χ4n) is 4.06. The zero-order chi connectivity index (χ0) is 54.8. The average Bonchev–Trinajstić information content (AvgIpc) is 3.37. The van der Waals surface area contributed by atoms with Crippen LogP contribution in [0.2, 0.25) is 0 Å². The molecule has 0 aliphatic heterocycles. The van der Waals surface area contributed by atoms with Crippen molar-refractivity contribution in [1.82, 2.24) is 19.4 Å². The predicted molar refractivity (Wildman–Crippen MR) is 181 cm³/mol. The van der Waals surface area contributed by atoms with Crippen molar-refractivity contribution < 1.29 is 53.9 Å². The van der Waals surface area contributed by atoms with Gasteiger partial charge in [0.15, 0.2) is 5.16 Å². The largest absolute Gasteiger partial charge is 0.416 e. The SMILES string of the molecule is [2H]c1c([2H])c(CSc2nc(=O)c3c(n2C([2H])([2H])C(=O)N(Cc2c([2H])c([2H])c(-c4c([2H])c([2H])c(C(F)(F)F)c(C)c4[2H])c([2H])c2[2H])C([2H])([2H])C([2H])([2H])N(CC)CC)C([2H])([2H])C([2H])([2H])C3([2H])[2H])c([2H])c([2H])c1F. The van der Waals surface area contributed by atoms with Crippen molar-refractivity contribution in [1.29, 1.82) is 0 Å². The molecule has 48 heavy (non-hydrogen) atoms. The van der Waals surface area contributed by atoms with Crippen LogP contribution in [-0.4, -0.2) is 51.3 Å². The first kappa shape index (κ1) is 16.2. The van der Waals surface area contributed by atoms with E-state index in [1.807, 2.05) is 0 Å². The van der Waals surface area contributed by atoms with E-state index in [2.05, 4.69) is 4.98 Å². The first-order valence-corrected chi connectivity index (χ1v) is 15.0. The summed E-state index contributed by atoms with van der Waals surface area (Å²) in [7, 11) is 0. The summed E-state index contributed by atoms with van der Waals surface area (Å²) in [6.07, 6.45) is -16.6. The van der Waals surface area contributed by atoms with Crippen molar-refractivity contribution in [3.05, 3.63) is 116 Å². The number of hydrogen-bond acceptors (Lipinski definition) is 5. The molecule has 6 nitrogen and oxygen atoms in total. The fourth-order valence-corrected chi connectivity index (χ4v) is 4.89. The molecular weight excluding hydrogens is 640 g/mol. The van der Waals surface area contributed by atoms with Crippen LogP contribution in [0.4, 0.5) is 17.6 Å². The number of fused-ring (bicyclic) bond motifs is 1. The van der Waals surface area contributed by atoms with Gasteiger partial charge in [0.1, 0.15) is 12.3 Å². The molecule has 0 unspecified atom stereocenters. The molecule has 1 aliphatic rings. The van der Waals surface area contributed by atoms with Crippen LogP contribution < -0.4 is 5.56 Å². The van der Waals surface area contributed by atoms with Gasteiger partial charge in [-0.3, -0.25) is 9.59 Å². The monoisotopic (exact) mass is 703 g/mol. The van der Waals surface area contributed by atoms with Gasteiger partial charge in [-0.05, 0) is 85.1 Å². The number of carbonyl (C=O) groups is 1. The number of benzene rings is 3. The Kier molecular flexibility index (Phi) is 5.22. The molecule has 11 heteroatoms. The van der Waals surface area contributed by atoms with Crippen LogP contribution in [0.3, 0.4) is 0 Å². The molecule has 0 saturated carbocycles. The van der Waals surface area contributed by atoms with E-state index in [9.17, 15) is 27.8 Å². The van der Waals surface area contributed by atoms with Gasteiger partial charge in [-0.25, -0.2) is 4.39 Å². The van der Waals surface area contributed by atoms with Gasteiger partial charge < -0.3 is 14.4 Å². The van der Waals surface area contributed by atoms with Crippen molar-refractivity contribution >= 4 is 17.7 Å². The summed E-state index contributed by atoms with van der Waals surface area (Å²) in [5.41, 5.74) is -11.2. The number of hydrogen-bond donors (Lipinski definition) is 0. The van der Waals surface area contributed by atoms with Crippen LogP contribution in [0.5, 0.6) is 0 Å². The molecule has 1 amide bonds. The number of likely N-dealkylation sites (N-methyl/N-ethyl adjacent to an activating group) is 1. The maximum absolute atomic E-state index is 15.3. The summed E-state index contributed by atoms with van der Waals surface area (Å²) in [4.78, 5) is 33.0. The summed E-state index contributed by atoms with van der Waals surface area (Å²) in [5, 5.41) is -1.20. The molecule has 1 aliphatic carbocycles. The van der Waals surface area contributed by atoms with Gasteiger partial charge in [-0.2, -0.15) is 18.2 Å². The molecule has 0 atom stereocenters. The number of amides is 1. The Morgan fingerprint density at radius 3 is 2.33 bits per heavy atom. The highest BCUT2D eigenvalue weighted by molar-refractivity contribution is 7.98. The summed E-state index contributed by atoms with van der Waals surface area (Å²) < 4.78 is 256. The van der Waals surface area contributed by atoms with E-state index in [4.69, 9.17) is 26.0 Å². The van der Waals surface area contributed by atoms with Crippen molar-refractivity contribution in [2.24, 2.45) is 0 Å². The maximum atomic E-state index is 15.3. The fraction of sp³-hybridized carbons (Fsp3) is 0.378. The zero-order valence-corrected chi connectivity index (χ0v) is 26.2. The summed E-state index contributed by atoms with van der Waals surface area (Å²) in [6, 6.07) is -13.4. The number of alkyl halides is 3. The second-order valence-electron chi connectivity index (χ2n) is 9.72. The van der Waals surface area contributed by atoms with E-state index in [1.165, 1.54) is 13.8 Å². The topological polar surface area (TPSA) is 58.4 Å². The highest BCUT2D eigenvalue weighted by Crippen LogP contribution is 2.34. The lowest BCUT2D eigenvalue weighted by molar-refractivity contribution is -0.138. The van der Waals surface area contributed by atoms with E-state index < -0.39 is 191 Å². The van der Waals surface area contributed by atoms with Crippen LogP contribution in [0.25, 0.3) is 11.1 Å². The molecule has 0 N–H and O–H groups in total. The highest BCUT2D eigenvalue weighted by atomic mass is 32.2. The molecule has 0 fully saturated rings. The maximum Gasteiger partial charge on any atom is 0.416 e. The molecule has 254 valence electrons. The summed E-state index contributed by atoms with van der Waals surface area (Å²) in [5.74, 6) is -4.88. The second kappa shape index (κ2) is 15.5. The molecule has 1 heterocycles. The third kappa shape index (κ3) is 8.54. The number of rotatable bonds is 13. The average molecular weight is 704 g/mol. The molecule has 0 radical (unpaired) electrons. The molecule has 5 rings (SSSR count). The second-order valence-corrected chi connectivity index (χ2v) is 10.7. The Morgan fingerprint density at radius 1 is 1.00 bits per heavy atom. The van der Waals surface area contributed by atoms with Crippen molar-refractivity contribution in [3.63, 3.8) is 0 Å². The molecule has 0 saturated heterocycles. The van der Waals surface area contributed by atoms with E-state index in [1.54, 1.807) is 0 Å². The van der Waals surface area contributed by atoms with Gasteiger partial charge in [0.05, 0.1) is 26.1 Å². The first-order chi connectivity index (χ1) is 32.1. The molecule has 0 spiro atoms. The molecular formula is C37H40F4N4O2S. The minimum atomic E-state index is -5.26. The van der Waals surface area contributed by atoms with Crippen LogP contribution in [0.1, 0.15) is 85.3 Å². The Labute approximate surface area is 315 Å². The van der Waals surface area contributed by atoms with E-state index in [-0.39, 0.29) is 34.3 Å². The van der Waals surface area contributed by atoms with Crippen molar-refractivity contribution in [2.75, 3.05) is 26.1 Å². The molecule has 3 aromatic carbocycles. The number of thioether (sulfide) groups is 1. The van der Waals surface area contributed by atoms with Crippen LogP contribution >= 0.6 is 11.8 Å². The van der Waals surface area contributed by atoms with Crippen LogP contribution in [-0.2, 0) is 42.5 Å². The molecule has 4 aromatic rings. The van der Waals surface area contributed by atoms with Gasteiger partial charge in [-0.15, -0.1) is 0 Å². The van der Waals surface area contributed by atoms with Gasteiger partial charge in [0.25, 0.3) is 5.56 Å². The standard InChI is InChI=1S/C37H40F4N4O2S/c1-4-43(5-2)19-20-44(22-26-9-13-28(14-10-26)29-15-18-32(25(3)21-29)37(39,40)41)34(46)23-45-33-8-6-7-31(33)35(47)42-36(45)48-24-27-11-16-30(38)17-12-27/h9-18,21H,4-8,19-20,22-24H2,1-3H3/i6D2,7D2,8D2,9D,10D,11D,12D,13D,14D,15D,16D,17D,18D,19D2,20D2,21D,23D2. The Balaban J connectivity index is 1.87. The summed E-state index contributed by atoms with van der Waals surface area (Å²) in [6.45, 7) is -10.5. The van der Waals surface area contributed by atoms with Crippen molar-refractivity contribution in [3.8, 4) is 11.1 Å². The van der Waals surface area contributed by atoms with Gasteiger partial charge in [0.2, 0.25) is 5.91 Å². The van der Waals surface area contributed by atoms with Crippen LogP contribution in [0, 0.1) is 12.7 Å². The highest BCUT2D eigenvalue weighted by Gasteiger charge is 2.32. The van der Waals surface area contributed by atoms with Crippen molar-refractivity contribution in [2.45, 2.75) is 70.0 Å². The number of nitrogens with zero attached hydrogens (tertiary/aromatic N) is 4.